The van der Waals surface area contributed by atoms with Gasteiger partial charge in [-0.25, -0.2) is 0 Å². The van der Waals surface area contributed by atoms with E-state index in [-0.39, 0.29) is 6.04 Å². The van der Waals surface area contributed by atoms with Crippen molar-refractivity contribution in [2.45, 2.75) is 39.2 Å². The van der Waals surface area contributed by atoms with Gasteiger partial charge in [-0.05, 0) is 25.8 Å². The van der Waals surface area contributed by atoms with Gasteiger partial charge in [0.05, 0.1) is 5.69 Å². The van der Waals surface area contributed by atoms with Gasteiger partial charge in [-0.15, -0.1) is 0 Å². The van der Waals surface area contributed by atoms with E-state index in [1.807, 2.05) is 18.7 Å². The number of nitrogens with two attached hydrogens (primary N) is 1. The zero-order valence-electron chi connectivity index (χ0n) is 10.6. The third-order valence-corrected chi connectivity index (χ3v) is 2.55. The van der Waals surface area contributed by atoms with Gasteiger partial charge in [0, 0.05) is 38.4 Å². The highest BCUT2D eigenvalue weighted by Gasteiger charge is 2.08. The lowest BCUT2D eigenvalue weighted by molar-refractivity contribution is 0.127. The fourth-order valence-electron chi connectivity index (χ4n) is 1.71. The number of hydrogen-bond donors (Lipinski definition) is 1. The first-order chi connectivity index (χ1) is 7.63. The molecule has 0 radical (unpaired) electrons. The predicted molar refractivity (Wildman–Crippen MR) is 65.4 cm³/mol. The maximum atomic E-state index is 6.04. The maximum absolute atomic E-state index is 6.04. The van der Waals surface area contributed by atoms with Crippen LogP contribution in [0.1, 0.15) is 31.2 Å². The number of rotatable bonds is 7. The highest BCUT2D eigenvalue weighted by Crippen LogP contribution is 2.06. The van der Waals surface area contributed by atoms with Crippen molar-refractivity contribution in [3.8, 4) is 0 Å². The van der Waals surface area contributed by atoms with Gasteiger partial charge in [0.25, 0.3) is 0 Å². The van der Waals surface area contributed by atoms with Crippen LogP contribution >= 0.6 is 0 Å². The minimum Gasteiger partial charge on any atom is -0.381 e. The Morgan fingerprint density at radius 3 is 2.81 bits per heavy atom. The van der Waals surface area contributed by atoms with Gasteiger partial charge in [-0.1, -0.05) is 6.92 Å². The summed E-state index contributed by atoms with van der Waals surface area (Å²) >= 11 is 0. The summed E-state index contributed by atoms with van der Waals surface area (Å²) in [5.41, 5.74) is 8.29. The molecular formula is C12H23N3O. The minimum atomic E-state index is 0.159. The molecule has 0 bridgehead atoms. The molecule has 4 nitrogen and oxygen atoms in total. The second kappa shape index (κ2) is 6.66. The standard InChI is InChI=1S/C12H23N3O/c1-4-6-16-7-5-11(13)9-12-8-10(2)14-15(12)3/h8,11H,4-7,9,13H2,1-3H3. The Balaban J connectivity index is 2.28. The second-order valence-electron chi connectivity index (χ2n) is 4.27. The Morgan fingerprint density at radius 2 is 2.25 bits per heavy atom. The molecule has 0 aliphatic carbocycles. The third kappa shape index (κ3) is 4.33. The SMILES string of the molecule is CCCOCCC(N)Cc1cc(C)nn1C. The van der Waals surface area contributed by atoms with Crippen LogP contribution in [0.2, 0.25) is 0 Å². The summed E-state index contributed by atoms with van der Waals surface area (Å²) in [4.78, 5) is 0. The average Bonchev–Trinajstić information content (AvgIpc) is 2.52. The van der Waals surface area contributed by atoms with Crippen molar-refractivity contribution in [1.82, 2.24) is 9.78 Å². The van der Waals surface area contributed by atoms with E-state index in [2.05, 4.69) is 18.1 Å². The van der Waals surface area contributed by atoms with E-state index in [9.17, 15) is 0 Å². The summed E-state index contributed by atoms with van der Waals surface area (Å²) < 4.78 is 7.33. The molecule has 0 aromatic carbocycles. The zero-order chi connectivity index (χ0) is 12.0. The summed E-state index contributed by atoms with van der Waals surface area (Å²) in [7, 11) is 1.96. The molecule has 1 heterocycles. The van der Waals surface area contributed by atoms with Crippen molar-refractivity contribution in [3.63, 3.8) is 0 Å². The fraction of sp³-hybridized carbons (Fsp3) is 0.750. The summed E-state index contributed by atoms with van der Waals surface area (Å²) in [6, 6.07) is 2.25. The number of aryl methyl sites for hydroxylation is 2. The Hall–Kier alpha value is -0.870. The van der Waals surface area contributed by atoms with Crippen molar-refractivity contribution in [1.29, 1.82) is 0 Å². The van der Waals surface area contributed by atoms with Crippen molar-refractivity contribution in [2.24, 2.45) is 12.8 Å². The minimum absolute atomic E-state index is 0.159. The van der Waals surface area contributed by atoms with Gasteiger partial charge in [0.1, 0.15) is 0 Å². The lowest BCUT2D eigenvalue weighted by atomic mass is 10.1. The van der Waals surface area contributed by atoms with E-state index in [0.717, 1.165) is 38.2 Å². The number of nitrogens with zero attached hydrogens (tertiary/aromatic N) is 2. The van der Waals surface area contributed by atoms with Crippen molar-refractivity contribution < 1.29 is 4.74 Å². The van der Waals surface area contributed by atoms with Gasteiger partial charge >= 0.3 is 0 Å². The predicted octanol–water partition coefficient (Wildman–Crippen LogP) is 1.42. The molecule has 1 aromatic heterocycles. The van der Waals surface area contributed by atoms with Gasteiger partial charge in [0.15, 0.2) is 0 Å². The molecular weight excluding hydrogens is 202 g/mol. The summed E-state index contributed by atoms with van der Waals surface area (Å²) in [5, 5.41) is 4.30. The number of hydrogen-bond acceptors (Lipinski definition) is 3. The van der Waals surface area contributed by atoms with Crippen LogP contribution in [0.15, 0.2) is 6.07 Å². The number of ether oxygens (including phenoxy) is 1. The van der Waals surface area contributed by atoms with Crippen LogP contribution in [0.4, 0.5) is 0 Å². The molecule has 0 saturated carbocycles. The zero-order valence-corrected chi connectivity index (χ0v) is 10.6. The molecule has 2 N–H and O–H groups in total. The molecule has 1 aromatic rings. The van der Waals surface area contributed by atoms with Gasteiger partial charge in [-0.2, -0.15) is 5.10 Å². The molecule has 0 aliphatic heterocycles. The van der Waals surface area contributed by atoms with Crippen LogP contribution in [0.3, 0.4) is 0 Å². The van der Waals surface area contributed by atoms with Crippen LogP contribution in [-0.2, 0) is 18.2 Å². The Kier molecular flexibility index (Phi) is 5.49. The van der Waals surface area contributed by atoms with Crippen molar-refractivity contribution in [2.75, 3.05) is 13.2 Å². The molecule has 1 rings (SSSR count). The second-order valence-corrected chi connectivity index (χ2v) is 4.27. The maximum Gasteiger partial charge on any atom is 0.0596 e. The van der Waals surface area contributed by atoms with Gasteiger partial charge < -0.3 is 10.5 Å². The summed E-state index contributed by atoms with van der Waals surface area (Å²) in [5.74, 6) is 0. The molecule has 92 valence electrons. The highest BCUT2D eigenvalue weighted by molar-refractivity contribution is 5.09. The quantitative estimate of drug-likeness (QED) is 0.714. The fourth-order valence-corrected chi connectivity index (χ4v) is 1.71. The van der Waals surface area contributed by atoms with E-state index >= 15 is 0 Å². The molecule has 0 spiro atoms. The van der Waals surface area contributed by atoms with E-state index in [0.29, 0.717) is 0 Å². The highest BCUT2D eigenvalue weighted by atomic mass is 16.5. The number of aromatic nitrogens is 2. The third-order valence-electron chi connectivity index (χ3n) is 2.55. The molecule has 0 amide bonds. The normalized spacial score (nSPS) is 13.0. The molecule has 0 aliphatic rings. The van der Waals surface area contributed by atoms with Crippen LogP contribution in [0.5, 0.6) is 0 Å². The Morgan fingerprint density at radius 1 is 1.50 bits per heavy atom. The monoisotopic (exact) mass is 225 g/mol. The Labute approximate surface area is 97.8 Å². The van der Waals surface area contributed by atoms with Gasteiger partial charge in [-0.3, -0.25) is 4.68 Å². The lowest BCUT2D eigenvalue weighted by Crippen LogP contribution is -2.25. The molecule has 0 fully saturated rings. The van der Waals surface area contributed by atoms with Crippen LogP contribution in [0, 0.1) is 6.92 Å². The smallest absolute Gasteiger partial charge is 0.0596 e. The van der Waals surface area contributed by atoms with Crippen LogP contribution in [0.25, 0.3) is 0 Å². The van der Waals surface area contributed by atoms with Crippen LogP contribution < -0.4 is 5.73 Å². The first-order valence-corrected chi connectivity index (χ1v) is 5.96. The van der Waals surface area contributed by atoms with E-state index in [1.165, 1.54) is 5.69 Å². The average molecular weight is 225 g/mol. The largest absolute Gasteiger partial charge is 0.381 e. The lowest BCUT2D eigenvalue weighted by Gasteiger charge is -2.11. The van der Waals surface area contributed by atoms with Crippen molar-refractivity contribution in [3.05, 3.63) is 17.5 Å². The molecule has 4 heteroatoms. The summed E-state index contributed by atoms with van der Waals surface area (Å²) in [6.45, 7) is 5.70. The van der Waals surface area contributed by atoms with Crippen LogP contribution in [-0.4, -0.2) is 29.0 Å². The Bertz CT molecular complexity index is 309. The molecule has 1 unspecified atom stereocenters. The van der Waals surface area contributed by atoms with Crippen molar-refractivity contribution >= 4 is 0 Å². The molecule has 0 saturated heterocycles. The first-order valence-electron chi connectivity index (χ1n) is 5.96. The van der Waals surface area contributed by atoms with E-state index in [1.54, 1.807) is 0 Å². The van der Waals surface area contributed by atoms with E-state index < -0.39 is 0 Å². The first kappa shape index (κ1) is 13.2. The van der Waals surface area contributed by atoms with Gasteiger partial charge in [0.2, 0.25) is 0 Å². The van der Waals surface area contributed by atoms with E-state index in [4.69, 9.17) is 10.5 Å². The molecule has 16 heavy (non-hydrogen) atoms. The topological polar surface area (TPSA) is 53.1 Å². The molecule has 1 atom stereocenters. The summed E-state index contributed by atoms with van der Waals surface area (Å²) in [6.07, 6.45) is 2.84.